The second-order valence-electron chi connectivity index (χ2n) is 7.02. The molecule has 0 atom stereocenters. The monoisotopic (exact) mass is 304 g/mol. The second-order valence-corrected chi connectivity index (χ2v) is 7.02. The summed E-state index contributed by atoms with van der Waals surface area (Å²) >= 11 is 0. The molecule has 0 amide bonds. The largest absolute Gasteiger partial charge is 0.496 e. The van der Waals surface area contributed by atoms with Gasteiger partial charge >= 0.3 is 0 Å². The second kappa shape index (κ2) is 8.99. The zero-order valence-corrected chi connectivity index (χ0v) is 15.1. The predicted octanol–water partition coefficient (Wildman–Crippen LogP) is 5.82. The zero-order chi connectivity index (χ0) is 16.6. The predicted molar refractivity (Wildman–Crippen MR) is 95.7 cm³/mol. The van der Waals surface area contributed by atoms with E-state index in [0.29, 0.717) is 5.92 Å². The zero-order valence-electron chi connectivity index (χ0n) is 15.1. The number of rotatable bonds is 8. The Kier molecular flexibility index (Phi) is 7.67. The summed E-state index contributed by atoms with van der Waals surface area (Å²) in [6.45, 7) is 11.6. The molecule has 0 bridgehead atoms. The number of hydrogen-bond acceptors (Lipinski definition) is 2. The van der Waals surface area contributed by atoms with Gasteiger partial charge in [-0.2, -0.15) is 0 Å². The van der Waals surface area contributed by atoms with Crippen molar-refractivity contribution in [2.75, 3.05) is 13.7 Å². The van der Waals surface area contributed by atoms with E-state index in [1.807, 2.05) is 0 Å². The number of hydrogen-bond donors (Lipinski definition) is 0. The van der Waals surface area contributed by atoms with Crippen LogP contribution in [0.4, 0.5) is 0 Å². The number of benzene rings is 1. The molecular weight excluding hydrogens is 272 g/mol. The minimum absolute atomic E-state index is 0.0273. The molecule has 1 aromatic rings. The normalized spacial score (nSPS) is 12.3. The van der Waals surface area contributed by atoms with Crippen LogP contribution in [0.1, 0.15) is 70.9 Å². The highest BCUT2D eigenvalue weighted by Crippen LogP contribution is 2.25. The van der Waals surface area contributed by atoms with Gasteiger partial charge in [-0.25, -0.2) is 0 Å². The molecule has 1 rings (SSSR count). The third-order valence-corrected chi connectivity index (χ3v) is 3.52. The topological polar surface area (TPSA) is 18.5 Å². The van der Waals surface area contributed by atoms with Crippen molar-refractivity contribution in [2.45, 2.75) is 65.4 Å². The number of allylic oxidation sites excluding steroid dienone is 1. The van der Waals surface area contributed by atoms with E-state index >= 15 is 0 Å². The first-order valence-electron chi connectivity index (χ1n) is 8.32. The van der Waals surface area contributed by atoms with E-state index in [4.69, 9.17) is 9.47 Å². The van der Waals surface area contributed by atoms with E-state index in [1.165, 1.54) is 11.1 Å². The average Bonchev–Trinajstić information content (AvgIpc) is 2.44. The maximum Gasteiger partial charge on any atom is 0.126 e. The molecular formula is C20H32O2. The van der Waals surface area contributed by atoms with Crippen molar-refractivity contribution in [3.8, 4) is 5.75 Å². The number of unbranched alkanes of at least 4 members (excludes halogenated alkanes) is 2. The van der Waals surface area contributed by atoms with Gasteiger partial charge in [0.2, 0.25) is 0 Å². The molecule has 2 heteroatoms. The lowest BCUT2D eigenvalue weighted by Gasteiger charge is -2.19. The van der Waals surface area contributed by atoms with Crippen LogP contribution in [-0.2, 0) is 4.74 Å². The Morgan fingerprint density at radius 2 is 1.86 bits per heavy atom. The average molecular weight is 304 g/mol. The molecule has 0 aliphatic rings. The fourth-order valence-electron chi connectivity index (χ4n) is 2.20. The Morgan fingerprint density at radius 1 is 1.14 bits per heavy atom. The first-order chi connectivity index (χ1) is 10.3. The molecule has 0 spiro atoms. The van der Waals surface area contributed by atoms with Crippen molar-refractivity contribution >= 4 is 6.08 Å². The Balaban J connectivity index is 2.47. The molecule has 2 nitrogen and oxygen atoms in total. The van der Waals surface area contributed by atoms with Gasteiger partial charge in [-0.05, 0) is 63.6 Å². The smallest absolute Gasteiger partial charge is 0.126 e. The van der Waals surface area contributed by atoms with Crippen LogP contribution in [0.25, 0.3) is 6.08 Å². The SMILES string of the molecule is COc1ccc(C(C)C)cc1/C=C/CCCCOC(C)(C)C. The van der Waals surface area contributed by atoms with Gasteiger partial charge < -0.3 is 9.47 Å². The number of methoxy groups -OCH3 is 1. The van der Waals surface area contributed by atoms with Crippen molar-refractivity contribution in [2.24, 2.45) is 0 Å². The maximum absolute atomic E-state index is 5.73. The van der Waals surface area contributed by atoms with E-state index in [0.717, 1.165) is 31.6 Å². The van der Waals surface area contributed by atoms with E-state index < -0.39 is 0 Å². The van der Waals surface area contributed by atoms with Crippen LogP contribution in [0, 0.1) is 0 Å². The third kappa shape index (κ3) is 7.13. The standard InChI is InChI=1S/C20H32O2/c1-16(2)17-12-13-19(21-6)18(15-17)11-9-7-8-10-14-22-20(3,4)5/h9,11-13,15-16H,7-8,10,14H2,1-6H3/b11-9+. The molecule has 0 unspecified atom stereocenters. The van der Waals surface area contributed by atoms with Crippen LogP contribution in [0.2, 0.25) is 0 Å². The molecule has 0 aliphatic carbocycles. The van der Waals surface area contributed by atoms with Crippen LogP contribution in [0.3, 0.4) is 0 Å². The lowest BCUT2D eigenvalue weighted by molar-refractivity contribution is -0.00446. The van der Waals surface area contributed by atoms with Crippen LogP contribution in [0.15, 0.2) is 24.3 Å². The summed E-state index contributed by atoms with van der Waals surface area (Å²) < 4.78 is 11.2. The molecule has 124 valence electrons. The summed E-state index contributed by atoms with van der Waals surface area (Å²) in [6, 6.07) is 6.43. The lowest BCUT2D eigenvalue weighted by atomic mass is 10.00. The van der Waals surface area contributed by atoms with E-state index in [-0.39, 0.29) is 5.60 Å². The minimum Gasteiger partial charge on any atom is -0.496 e. The van der Waals surface area contributed by atoms with Gasteiger partial charge in [0.05, 0.1) is 12.7 Å². The fourth-order valence-corrected chi connectivity index (χ4v) is 2.20. The Morgan fingerprint density at radius 3 is 2.45 bits per heavy atom. The maximum atomic E-state index is 5.73. The Labute approximate surface area is 136 Å². The van der Waals surface area contributed by atoms with Gasteiger partial charge in [0.15, 0.2) is 0 Å². The molecule has 0 aliphatic heterocycles. The van der Waals surface area contributed by atoms with Crippen molar-refractivity contribution < 1.29 is 9.47 Å². The summed E-state index contributed by atoms with van der Waals surface area (Å²) in [7, 11) is 1.73. The van der Waals surface area contributed by atoms with Crippen molar-refractivity contribution in [1.29, 1.82) is 0 Å². The molecule has 0 saturated heterocycles. The van der Waals surface area contributed by atoms with Crippen LogP contribution in [0.5, 0.6) is 5.75 Å². The molecule has 0 N–H and O–H groups in total. The molecule has 0 fully saturated rings. The molecule has 0 heterocycles. The van der Waals surface area contributed by atoms with Crippen LogP contribution < -0.4 is 4.74 Å². The summed E-state index contributed by atoms with van der Waals surface area (Å²) in [4.78, 5) is 0. The van der Waals surface area contributed by atoms with Crippen molar-refractivity contribution in [3.63, 3.8) is 0 Å². The first-order valence-corrected chi connectivity index (χ1v) is 8.32. The van der Waals surface area contributed by atoms with Gasteiger partial charge in [-0.3, -0.25) is 0 Å². The van der Waals surface area contributed by atoms with Gasteiger partial charge in [0.25, 0.3) is 0 Å². The van der Waals surface area contributed by atoms with Gasteiger partial charge in [-0.15, -0.1) is 0 Å². The quantitative estimate of drug-likeness (QED) is 0.564. The van der Waals surface area contributed by atoms with E-state index in [1.54, 1.807) is 7.11 Å². The summed E-state index contributed by atoms with van der Waals surface area (Å²) in [5.41, 5.74) is 2.49. The molecule has 22 heavy (non-hydrogen) atoms. The van der Waals surface area contributed by atoms with Gasteiger partial charge in [-0.1, -0.05) is 32.1 Å². The summed E-state index contributed by atoms with van der Waals surface area (Å²) in [6.07, 6.45) is 7.74. The lowest BCUT2D eigenvalue weighted by Crippen LogP contribution is -2.19. The van der Waals surface area contributed by atoms with Gasteiger partial charge in [0, 0.05) is 12.2 Å². The van der Waals surface area contributed by atoms with Crippen LogP contribution >= 0.6 is 0 Å². The third-order valence-electron chi connectivity index (χ3n) is 3.52. The summed E-state index contributed by atoms with van der Waals surface area (Å²) in [5.74, 6) is 1.48. The molecule has 0 radical (unpaired) electrons. The Bertz CT molecular complexity index is 467. The highest BCUT2D eigenvalue weighted by Gasteiger charge is 2.08. The van der Waals surface area contributed by atoms with Crippen molar-refractivity contribution in [1.82, 2.24) is 0 Å². The fraction of sp³-hybridized carbons (Fsp3) is 0.600. The highest BCUT2D eigenvalue weighted by molar-refractivity contribution is 5.58. The summed E-state index contributed by atoms with van der Waals surface area (Å²) in [5, 5.41) is 0. The van der Waals surface area contributed by atoms with Gasteiger partial charge in [0.1, 0.15) is 5.75 Å². The van der Waals surface area contributed by atoms with E-state index in [9.17, 15) is 0 Å². The molecule has 1 aromatic carbocycles. The Hall–Kier alpha value is -1.28. The molecule has 0 saturated carbocycles. The highest BCUT2D eigenvalue weighted by atomic mass is 16.5. The van der Waals surface area contributed by atoms with E-state index in [2.05, 4.69) is 65.0 Å². The minimum atomic E-state index is -0.0273. The van der Waals surface area contributed by atoms with Crippen molar-refractivity contribution in [3.05, 3.63) is 35.4 Å². The molecule has 0 aromatic heterocycles. The number of ether oxygens (including phenoxy) is 2. The first kappa shape index (κ1) is 18.8. The van der Waals surface area contributed by atoms with Crippen LogP contribution in [-0.4, -0.2) is 19.3 Å².